The van der Waals surface area contributed by atoms with Crippen molar-refractivity contribution in [3.63, 3.8) is 0 Å². The number of nitrogens with zero attached hydrogens (tertiary/aromatic N) is 1. The van der Waals surface area contributed by atoms with Crippen LogP contribution in [0.4, 0.5) is 0 Å². The van der Waals surface area contributed by atoms with Crippen molar-refractivity contribution in [2.45, 2.75) is 111 Å². The molecule has 0 saturated carbocycles. The van der Waals surface area contributed by atoms with Gasteiger partial charge in [0.15, 0.2) is 0 Å². The van der Waals surface area contributed by atoms with Gasteiger partial charge in [-0.25, -0.2) is 0 Å². The first-order valence-electron chi connectivity index (χ1n) is 11.1. The SMILES string of the molecule is CC(C)CCCCCCCCCCCCCC(=O)CN(C)CC(C)C. The Morgan fingerprint density at radius 3 is 1.56 bits per heavy atom. The van der Waals surface area contributed by atoms with Crippen LogP contribution in [0, 0.1) is 11.8 Å². The summed E-state index contributed by atoms with van der Waals surface area (Å²) in [6.07, 6.45) is 17.1. The highest BCUT2D eigenvalue weighted by Gasteiger charge is 2.07. The molecule has 0 fully saturated rings. The number of likely N-dealkylation sites (N-methyl/N-ethyl adjacent to an activating group) is 1. The zero-order chi connectivity index (χ0) is 18.9. The third kappa shape index (κ3) is 19.8. The van der Waals surface area contributed by atoms with Gasteiger partial charge in [-0.05, 0) is 25.3 Å². The van der Waals surface area contributed by atoms with Crippen LogP contribution >= 0.6 is 0 Å². The normalized spacial score (nSPS) is 11.8. The minimum atomic E-state index is 0.417. The molecular weight excluding hydrogens is 306 g/mol. The van der Waals surface area contributed by atoms with Gasteiger partial charge in [0.1, 0.15) is 5.78 Å². The molecule has 0 aromatic carbocycles. The number of ketones is 1. The fourth-order valence-electron chi connectivity index (χ4n) is 3.53. The Balaban J connectivity index is 3.24. The van der Waals surface area contributed by atoms with Crippen molar-refractivity contribution >= 4 is 5.78 Å². The molecule has 0 N–H and O–H groups in total. The van der Waals surface area contributed by atoms with Crippen molar-refractivity contribution in [3.8, 4) is 0 Å². The fourth-order valence-corrected chi connectivity index (χ4v) is 3.53. The van der Waals surface area contributed by atoms with Crippen LogP contribution in [0.2, 0.25) is 0 Å². The maximum atomic E-state index is 11.9. The van der Waals surface area contributed by atoms with Gasteiger partial charge in [0.25, 0.3) is 0 Å². The van der Waals surface area contributed by atoms with E-state index in [2.05, 4.69) is 39.6 Å². The van der Waals surface area contributed by atoms with E-state index < -0.39 is 0 Å². The summed E-state index contributed by atoms with van der Waals surface area (Å²) in [5, 5.41) is 0. The van der Waals surface area contributed by atoms with Crippen LogP contribution in [0.1, 0.15) is 111 Å². The van der Waals surface area contributed by atoms with Crippen molar-refractivity contribution < 1.29 is 4.79 Å². The molecule has 0 aliphatic carbocycles. The van der Waals surface area contributed by atoms with Gasteiger partial charge in [-0.15, -0.1) is 0 Å². The molecule has 0 aromatic heterocycles. The zero-order valence-corrected chi connectivity index (χ0v) is 18.1. The van der Waals surface area contributed by atoms with Gasteiger partial charge in [-0.3, -0.25) is 9.69 Å². The Bertz CT molecular complexity index is 298. The summed E-state index contributed by atoms with van der Waals surface area (Å²) in [6, 6.07) is 0. The molecule has 0 amide bonds. The van der Waals surface area contributed by atoms with Gasteiger partial charge in [-0.1, -0.05) is 98.3 Å². The average Bonchev–Trinajstić information content (AvgIpc) is 2.50. The smallest absolute Gasteiger partial charge is 0.146 e. The van der Waals surface area contributed by atoms with E-state index in [0.717, 1.165) is 25.3 Å². The molecule has 0 saturated heterocycles. The highest BCUT2D eigenvalue weighted by atomic mass is 16.1. The lowest BCUT2D eigenvalue weighted by Gasteiger charge is -2.17. The monoisotopic (exact) mass is 353 g/mol. The Morgan fingerprint density at radius 1 is 0.680 bits per heavy atom. The van der Waals surface area contributed by atoms with E-state index in [1.165, 1.54) is 70.6 Å². The Morgan fingerprint density at radius 2 is 1.12 bits per heavy atom. The van der Waals surface area contributed by atoms with Gasteiger partial charge in [-0.2, -0.15) is 0 Å². The Hall–Kier alpha value is -0.370. The average molecular weight is 354 g/mol. The van der Waals surface area contributed by atoms with Crippen LogP contribution in [0.3, 0.4) is 0 Å². The molecule has 0 heterocycles. The van der Waals surface area contributed by atoms with E-state index in [1.807, 2.05) is 0 Å². The molecule has 0 rings (SSSR count). The number of hydrogen-bond acceptors (Lipinski definition) is 2. The Labute approximate surface area is 159 Å². The van der Waals surface area contributed by atoms with Crippen LogP contribution in [0.25, 0.3) is 0 Å². The van der Waals surface area contributed by atoms with E-state index in [4.69, 9.17) is 0 Å². The topological polar surface area (TPSA) is 20.3 Å². The van der Waals surface area contributed by atoms with E-state index in [-0.39, 0.29) is 0 Å². The fraction of sp³-hybridized carbons (Fsp3) is 0.957. The molecule has 0 aliphatic heterocycles. The standard InChI is InChI=1S/C23H47NO/c1-21(2)17-15-13-11-9-7-6-8-10-12-14-16-18-23(25)20-24(5)19-22(3)4/h21-22H,6-20H2,1-5H3. The minimum Gasteiger partial charge on any atom is -0.299 e. The second-order valence-corrected chi connectivity index (χ2v) is 8.95. The lowest BCUT2D eigenvalue weighted by Crippen LogP contribution is -2.29. The summed E-state index contributed by atoms with van der Waals surface area (Å²) in [6.45, 7) is 10.7. The number of carbonyl (C=O) groups is 1. The maximum Gasteiger partial charge on any atom is 0.146 e. The molecule has 0 aromatic rings. The first kappa shape index (κ1) is 24.6. The number of Topliss-reactive ketones (excluding diaryl/α,β-unsaturated/α-hetero) is 1. The molecule has 0 atom stereocenters. The number of hydrogen-bond donors (Lipinski definition) is 0. The summed E-state index contributed by atoms with van der Waals surface area (Å²) in [4.78, 5) is 14.1. The number of carbonyl (C=O) groups excluding carboxylic acids is 1. The second kappa shape index (κ2) is 17.1. The van der Waals surface area contributed by atoms with Crippen molar-refractivity contribution in [3.05, 3.63) is 0 Å². The lowest BCUT2D eigenvalue weighted by atomic mass is 10.0. The van der Waals surface area contributed by atoms with Crippen molar-refractivity contribution in [1.29, 1.82) is 0 Å². The molecule has 2 heteroatoms. The molecule has 150 valence electrons. The summed E-state index contributed by atoms with van der Waals surface area (Å²) < 4.78 is 0. The maximum absolute atomic E-state index is 11.9. The molecule has 0 radical (unpaired) electrons. The molecule has 0 spiro atoms. The summed E-state index contributed by atoms with van der Waals surface area (Å²) in [5.41, 5.74) is 0. The summed E-state index contributed by atoms with van der Waals surface area (Å²) in [5.74, 6) is 1.93. The number of unbranched alkanes of at least 4 members (excludes halogenated alkanes) is 10. The van der Waals surface area contributed by atoms with Crippen molar-refractivity contribution in [2.24, 2.45) is 11.8 Å². The van der Waals surface area contributed by atoms with Gasteiger partial charge < -0.3 is 0 Å². The van der Waals surface area contributed by atoms with Crippen LogP contribution < -0.4 is 0 Å². The van der Waals surface area contributed by atoms with Crippen LogP contribution in [-0.4, -0.2) is 30.8 Å². The second-order valence-electron chi connectivity index (χ2n) is 8.95. The van der Waals surface area contributed by atoms with E-state index in [0.29, 0.717) is 18.2 Å². The predicted octanol–water partition coefficient (Wildman–Crippen LogP) is 6.87. The molecule has 0 aliphatic rings. The summed E-state index contributed by atoms with van der Waals surface area (Å²) in [7, 11) is 2.06. The first-order chi connectivity index (χ1) is 11.9. The summed E-state index contributed by atoms with van der Waals surface area (Å²) >= 11 is 0. The number of rotatable bonds is 18. The third-order valence-electron chi connectivity index (χ3n) is 4.86. The molecule has 2 nitrogen and oxygen atoms in total. The first-order valence-corrected chi connectivity index (χ1v) is 11.1. The van der Waals surface area contributed by atoms with Crippen molar-refractivity contribution in [2.75, 3.05) is 20.1 Å². The van der Waals surface area contributed by atoms with Gasteiger partial charge in [0.2, 0.25) is 0 Å². The van der Waals surface area contributed by atoms with Gasteiger partial charge in [0.05, 0.1) is 6.54 Å². The largest absolute Gasteiger partial charge is 0.299 e. The minimum absolute atomic E-state index is 0.417. The van der Waals surface area contributed by atoms with Gasteiger partial charge >= 0.3 is 0 Å². The molecule has 0 bridgehead atoms. The highest BCUT2D eigenvalue weighted by Crippen LogP contribution is 2.14. The van der Waals surface area contributed by atoms with E-state index in [1.54, 1.807) is 0 Å². The van der Waals surface area contributed by atoms with Crippen LogP contribution in [0.15, 0.2) is 0 Å². The van der Waals surface area contributed by atoms with E-state index >= 15 is 0 Å². The zero-order valence-electron chi connectivity index (χ0n) is 18.1. The van der Waals surface area contributed by atoms with Gasteiger partial charge in [0, 0.05) is 13.0 Å². The molecular formula is C23H47NO. The molecule has 25 heavy (non-hydrogen) atoms. The Kier molecular flexibility index (Phi) is 16.8. The quantitative estimate of drug-likeness (QED) is 0.251. The van der Waals surface area contributed by atoms with Crippen LogP contribution in [0.5, 0.6) is 0 Å². The van der Waals surface area contributed by atoms with E-state index in [9.17, 15) is 4.79 Å². The third-order valence-corrected chi connectivity index (χ3v) is 4.86. The lowest BCUT2D eigenvalue weighted by molar-refractivity contribution is -0.120. The molecule has 0 unspecified atom stereocenters. The predicted molar refractivity (Wildman–Crippen MR) is 112 cm³/mol. The van der Waals surface area contributed by atoms with Crippen molar-refractivity contribution in [1.82, 2.24) is 4.90 Å². The highest BCUT2D eigenvalue weighted by molar-refractivity contribution is 5.80. The van der Waals surface area contributed by atoms with Crippen LogP contribution in [-0.2, 0) is 4.79 Å².